The molecule has 0 atom stereocenters. The number of aryl methyl sites for hydroxylation is 2. The maximum Gasteiger partial charge on any atom is 0.223 e. The molecule has 1 amide bonds. The predicted molar refractivity (Wildman–Crippen MR) is 82.5 cm³/mol. The number of amides is 1. The summed E-state index contributed by atoms with van der Waals surface area (Å²) < 4.78 is 5.61. The van der Waals surface area contributed by atoms with Crippen LogP contribution in [0.4, 0.5) is 0 Å². The highest BCUT2D eigenvalue weighted by Gasteiger charge is 2.31. The van der Waals surface area contributed by atoms with Crippen molar-refractivity contribution in [3.05, 3.63) is 29.3 Å². The van der Waals surface area contributed by atoms with Gasteiger partial charge in [0.25, 0.3) is 0 Å². The first-order valence-corrected chi connectivity index (χ1v) is 7.67. The molecule has 4 nitrogen and oxygen atoms in total. The van der Waals surface area contributed by atoms with Gasteiger partial charge >= 0.3 is 0 Å². The molecule has 0 spiro atoms. The largest absolute Gasteiger partial charge is 0.493 e. The number of aliphatic hydroxyl groups is 1. The Bertz CT molecular complexity index is 473. The molecule has 0 aromatic heterocycles. The van der Waals surface area contributed by atoms with E-state index in [4.69, 9.17) is 4.74 Å². The number of hydrogen-bond donors (Lipinski definition) is 2. The van der Waals surface area contributed by atoms with Crippen LogP contribution in [0.1, 0.15) is 43.2 Å². The molecule has 21 heavy (non-hydrogen) atoms. The van der Waals surface area contributed by atoms with Gasteiger partial charge in [0.05, 0.1) is 18.6 Å². The SMILES string of the molecule is Cc1cc(C)cc(OCCC(=O)NCC2(O)CCCC2)c1. The van der Waals surface area contributed by atoms with Crippen molar-refractivity contribution < 1.29 is 14.6 Å². The van der Waals surface area contributed by atoms with Crippen LogP contribution >= 0.6 is 0 Å². The summed E-state index contributed by atoms with van der Waals surface area (Å²) in [7, 11) is 0. The average molecular weight is 291 g/mol. The summed E-state index contributed by atoms with van der Waals surface area (Å²) in [6.07, 6.45) is 3.96. The van der Waals surface area contributed by atoms with E-state index in [2.05, 4.69) is 11.4 Å². The van der Waals surface area contributed by atoms with E-state index in [-0.39, 0.29) is 5.91 Å². The lowest BCUT2D eigenvalue weighted by Crippen LogP contribution is -2.41. The first-order valence-electron chi connectivity index (χ1n) is 7.67. The van der Waals surface area contributed by atoms with Crippen molar-refractivity contribution in [2.75, 3.05) is 13.2 Å². The minimum Gasteiger partial charge on any atom is -0.493 e. The Hall–Kier alpha value is -1.55. The van der Waals surface area contributed by atoms with Gasteiger partial charge in [0.2, 0.25) is 5.91 Å². The quantitative estimate of drug-likeness (QED) is 0.846. The third kappa shape index (κ3) is 5.05. The van der Waals surface area contributed by atoms with Crippen molar-refractivity contribution in [2.45, 2.75) is 51.6 Å². The van der Waals surface area contributed by atoms with Gasteiger partial charge in [0.1, 0.15) is 5.75 Å². The molecule has 2 rings (SSSR count). The minimum atomic E-state index is -0.690. The fraction of sp³-hybridized carbons (Fsp3) is 0.588. The van der Waals surface area contributed by atoms with Crippen molar-refractivity contribution >= 4 is 5.91 Å². The summed E-state index contributed by atoms with van der Waals surface area (Å²) in [4.78, 5) is 11.8. The second-order valence-corrected chi connectivity index (χ2v) is 6.13. The Balaban J connectivity index is 1.69. The number of hydrogen-bond acceptors (Lipinski definition) is 3. The molecule has 1 aromatic rings. The molecule has 1 saturated carbocycles. The molecule has 1 aliphatic rings. The molecule has 1 aliphatic carbocycles. The summed E-state index contributed by atoms with van der Waals surface area (Å²) in [5.41, 5.74) is 1.61. The Kier molecular flexibility index (Phi) is 5.23. The molecule has 116 valence electrons. The predicted octanol–water partition coefficient (Wildman–Crippen LogP) is 2.49. The Morgan fingerprint density at radius 3 is 2.48 bits per heavy atom. The maximum absolute atomic E-state index is 11.8. The number of carbonyl (C=O) groups excluding carboxylic acids is 1. The van der Waals surface area contributed by atoms with Crippen LogP contribution in [0.2, 0.25) is 0 Å². The smallest absolute Gasteiger partial charge is 0.223 e. The van der Waals surface area contributed by atoms with E-state index in [1.165, 1.54) is 0 Å². The Labute approximate surface area is 126 Å². The van der Waals surface area contributed by atoms with Crippen LogP contribution < -0.4 is 10.1 Å². The van der Waals surface area contributed by atoms with Crippen molar-refractivity contribution in [3.8, 4) is 5.75 Å². The number of carbonyl (C=O) groups is 1. The lowest BCUT2D eigenvalue weighted by Gasteiger charge is -2.22. The minimum absolute atomic E-state index is 0.0697. The van der Waals surface area contributed by atoms with Gasteiger partial charge < -0.3 is 15.2 Å². The normalized spacial score (nSPS) is 16.7. The monoisotopic (exact) mass is 291 g/mol. The second-order valence-electron chi connectivity index (χ2n) is 6.13. The van der Waals surface area contributed by atoms with E-state index < -0.39 is 5.60 Å². The zero-order chi connectivity index (χ0) is 15.3. The third-order valence-corrected chi connectivity index (χ3v) is 3.94. The first kappa shape index (κ1) is 15.8. The summed E-state index contributed by atoms with van der Waals surface area (Å²) in [6.45, 7) is 4.76. The summed E-state index contributed by atoms with van der Waals surface area (Å²) in [5.74, 6) is 0.731. The van der Waals surface area contributed by atoms with Crippen LogP contribution in [-0.2, 0) is 4.79 Å². The standard InChI is InChI=1S/C17H25NO3/c1-13-9-14(2)11-15(10-13)21-8-5-16(19)18-12-17(20)6-3-4-7-17/h9-11,20H,3-8,12H2,1-2H3,(H,18,19). The molecule has 0 heterocycles. The van der Waals surface area contributed by atoms with E-state index >= 15 is 0 Å². The molecular formula is C17H25NO3. The van der Waals surface area contributed by atoms with Crippen LogP contribution in [0, 0.1) is 13.8 Å². The lowest BCUT2D eigenvalue weighted by atomic mass is 10.0. The highest BCUT2D eigenvalue weighted by atomic mass is 16.5. The van der Waals surface area contributed by atoms with E-state index in [9.17, 15) is 9.90 Å². The van der Waals surface area contributed by atoms with Crippen molar-refractivity contribution in [1.29, 1.82) is 0 Å². The van der Waals surface area contributed by atoms with E-state index in [0.717, 1.165) is 42.6 Å². The molecular weight excluding hydrogens is 266 g/mol. The topological polar surface area (TPSA) is 58.6 Å². The second kappa shape index (κ2) is 6.94. The van der Waals surface area contributed by atoms with Crippen LogP contribution in [0.15, 0.2) is 18.2 Å². The van der Waals surface area contributed by atoms with Crippen LogP contribution in [-0.4, -0.2) is 29.8 Å². The van der Waals surface area contributed by atoms with E-state index in [1.807, 2.05) is 26.0 Å². The van der Waals surface area contributed by atoms with Crippen molar-refractivity contribution in [2.24, 2.45) is 0 Å². The highest BCUT2D eigenvalue weighted by molar-refractivity contribution is 5.76. The first-order chi connectivity index (χ1) is 9.97. The van der Waals surface area contributed by atoms with Crippen LogP contribution in [0.3, 0.4) is 0 Å². The van der Waals surface area contributed by atoms with Gasteiger partial charge in [0, 0.05) is 6.54 Å². The van der Waals surface area contributed by atoms with Crippen LogP contribution in [0.25, 0.3) is 0 Å². The fourth-order valence-corrected chi connectivity index (χ4v) is 2.84. The highest BCUT2D eigenvalue weighted by Crippen LogP contribution is 2.28. The zero-order valence-corrected chi connectivity index (χ0v) is 12.9. The van der Waals surface area contributed by atoms with Crippen LogP contribution in [0.5, 0.6) is 5.75 Å². The van der Waals surface area contributed by atoms with Gasteiger partial charge in [-0.15, -0.1) is 0 Å². The van der Waals surface area contributed by atoms with E-state index in [1.54, 1.807) is 0 Å². The van der Waals surface area contributed by atoms with Crippen molar-refractivity contribution in [1.82, 2.24) is 5.32 Å². The maximum atomic E-state index is 11.8. The summed E-state index contributed by atoms with van der Waals surface area (Å²) in [5, 5.41) is 13.0. The van der Waals surface area contributed by atoms with Gasteiger partial charge in [0.15, 0.2) is 0 Å². The molecule has 0 aliphatic heterocycles. The van der Waals surface area contributed by atoms with Gasteiger partial charge in [-0.25, -0.2) is 0 Å². The van der Waals surface area contributed by atoms with Gasteiger partial charge in [-0.3, -0.25) is 4.79 Å². The van der Waals surface area contributed by atoms with E-state index in [0.29, 0.717) is 19.6 Å². The summed E-state index contributed by atoms with van der Waals surface area (Å²) >= 11 is 0. The number of ether oxygens (including phenoxy) is 1. The average Bonchev–Trinajstić information content (AvgIpc) is 2.83. The number of nitrogens with one attached hydrogen (secondary N) is 1. The lowest BCUT2D eigenvalue weighted by molar-refractivity contribution is -0.122. The van der Waals surface area contributed by atoms with Crippen molar-refractivity contribution in [3.63, 3.8) is 0 Å². The molecule has 1 aromatic carbocycles. The third-order valence-electron chi connectivity index (χ3n) is 3.94. The number of rotatable bonds is 6. The molecule has 1 fully saturated rings. The molecule has 2 N–H and O–H groups in total. The summed E-state index contributed by atoms with van der Waals surface area (Å²) in [6, 6.07) is 6.01. The Morgan fingerprint density at radius 2 is 1.86 bits per heavy atom. The zero-order valence-electron chi connectivity index (χ0n) is 12.9. The van der Waals surface area contributed by atoms with Gasteiger partial charge in [-0.05, 0) is 49.9 Å². The fourth-order valence-electron chi connectivity index (χ4n) is 2.84. The Morgan fingerprint density at radius 1 is 1.24 bits per heavy atom. The van der Waals surface area contributed by atoms with Gasteiger partial charge in [-0.1, -0.05) is 18.9 Å². The molecule has 4 heteroatoms. The molecule has 0 unspecified atom stereocenters. The molecule has 0 bridgehead atoms. The molecule has 0 saturated heterocycles. The molecule has 0 radical (unpaired) electrons. The van der Waals surface area contributed by atoms with Gasteiger partial charge in [-0.2, -0.15) is 0 Å². The number of benzene rings is 1.